The Bertz CT molecular complexity index is 1140. The molecule has 1 amide bonds. The molecule has 2 aromatic heterocycles. The number of nitrogens with one attached hydrogen (secondary N) is 2. The first-order valence-corrected chi connectivity index (χ1v) is 11.4. The molecule has 0 bridgehead atoms. The fraction of sp³-hybridized carbons (Fsp3) is 0.480. The molecule has 1 fully saturated rings. The number of alkyl halides is 2. The number of hydrogen-bond donors (Lipinski definition) is 2. The Morgan fingerprint density at radius 3 is 2.68 bits per heavy atom. The zero-order valence-electron chi connectivity index (χ0n) is 19.6. The molecule has 34 heavy (non-hydrogen) atoms. The van der Waals surface area contributed by atoms with E-state index in [1.165, 1.54) is 6.07 Å². The Morgan fingerprint density at radius 2 is 2.06 bits per heavy atom. The first kappa shape index (κ1) is 24.2. The molecular weight excluding hydrogens is 443 g/mol. The average molecular weight is 474 g/mol. The third-order valence-corrected chi connectivity index (χ3v) is 7.10. The maximum absolute atomic E-state index is 14.5. The van der Waals surface area contributed by atoms with Crippen molar-refractivity contribution in [2.75, 3.05) is 20.6 Å². The summed E-state index contributed by atoms with van der Waals surface area (Å²) in [5.41, 5.74) is 0.591. The first-order valence-electron chi connectivity index (χ1n) is 11.4. The molecule has 1 aromatic carbocycles. The number of amides is 1. The quantitative estimate of drug-likeness (QED) is 0.461. The first-order chi connectivity index (χ1) is 16.1. The Labute approximate surface area is 196 Å². The van der Waals surface area contributed by atoms with E-state index in [9.17, 15) is 18.0 Å². The maximum atomic E-state index is 14.5. The van der Waals surface area contributed by atoms with Crippen molar-refractivity contribution in [2.24, 2.45) is 5.41 Å². The van der Waals surface area contributed by atoms with Gasteiger partial charge in [0.2, 0.25) is 5.91 Å². The summed E-state index contributed by atoms with van der Waals surface area (Å²) in [6, 6.07) is 6.71. The highest BCUT2D eigenvalue weighted by Gasteiger charge is 2.63. The molecule has 0 spiro atoms. The van der Waals surface area contributed by atoms with E-state index in [4.69, 9.17) is 0 Å². The fourth-order valence-corrected chi connectivity index (χ4v) is 4.83. The Morgan fingerprint density at radius 1 is 1.29 bits per heavy atom. The van der Waals surface area contributed by atoms with Crippen molar-refractivity contribution in [3.63, 3.8) is 0 Å². The predicted octanol–water partition coefficient (Wildman–Crippen LogP) is 4.30. The number of benzene rings is 1. The third-order valence-electron chi connectivity index (χ3n) is 7.10. The van der Waals surface area contributed by atoms with Crippen molar-refractivity contribution >= 4 is 16.8 Å². The summed E-state index contributed by atoms with van der Waals surface area (Å²) in [5.74, 6) is -4.17. The van der Waals surface area contributed by atoms with E-state index in [-0.39, 0.29) is 24.2 Å². The summed E-state index contributed by atoms with van der Waals surface area (Å²) in [6.45, 7) is 1.26. The summed E-state index contributed by atoms with van der Waals surface area (Å²) in [5, 5.41) is 10.1. The summed E-state index contributed by atoms with van der Waals surface area (Å²) in [4.78, 5) is 19.0. The summed E-state index contributed by atoms with van der Waals surface area (Å²) >= 11 is 0. The number of halogens is 3. The van der Waals surface area contributed by atoms with Crippen LogP contribution in [0.25, 0.3) is 10.9 Å². The van der Waals surface area contributed by atoms with Gasteiger partial charge in [-0.2, -0.15) is 5.10 Å². The fourth-order valence-electron chi connectivity index (χ4n) is 4.83. The van der Waals surface area contributed by atoms with E-state index in [0.29, 0.717) is 42.3 Å². The van der Waals surface area contributed by atoms with E-state index in [1.54, 1.807) is 30.7 Å². The number of aromatic nitrogens is 3. The van der Waals surface area contributed by atoms with Crippen molar-refractivity contribution in [3.05, 3.63) is 59.8 Å². The third kappa shape index (κ3) is 4.94. The molecule has 6 nitrogen and oxygen atoms in total. The highest BCUT2D eigenvalue weighted by molar-refractivity contribution is 5.79. The lowest BCUT2D eigenvalue weighted by molar-refractivity contribution is -0.123. The van der Waals surface area contributed by atoms with Crippen molar-refractivity contribution < 1.29 is 18.0 Å². The molecular formula is C25H30F3N5O. The number of nitrogens with zero attached hydrogens (tertiary/aromatic N) is 3. The minimum Gasteiger partial charge on any atom is -0.355 e. The molecule has 1 aliphatic carbocycles. The van der Waals surface area contributed by atoms with Gasteiger partial charge in [0.25, 0.3) is 5.92 Å². The lowest BCUT2D eigenvalue weighted by Gasteiger charge is -2.32. The number of fused-ring (bicyclic) bond motifs is 1. The van der Waals surface area contributed by atoms with Crippen LogP contribution in [0, 0.1) is 11.2 Å². The van der Waals surface area contributed by atoms with Crippen LogP contribution in [-0.2, 0) is 11.2 Å². The molecule has 0 aliphatic heterocycles. The van der Waals surface area contributed by atoms with Crippen LogP contribution in [0.2, 0.25) is 0 Å². The average Bonchev–Trinajstić information content (AvgIpc) is 3.46. The monoisotopic (exact) mass is 473 g/mol. The van der Waals surface area contributed by atoms with E-state index in [1.807, 2.05) is 25.1 Å². The second-order valence-electron chi connectivity index (χ2n) is 9.63. The van der Waals surface area contributed by atoms with Crippen LogP contribution in [0.5, 0.6) is 0 Å². The van der Waals surface area contributed by atoms with Crippen molar-refractivity contribution in [2.45, 2.75) is 50.5 Å². The summed E-state index contributed by atoms with van der Waals surface area (Å²) in [6.07, 6.45) is 5.98. The van der Waals surface area contributed by atoms with Crippen LogP contribution in [0.3, 0.4) is 0 Å². The topological polar surface area (TPSA) is 73.9 Å². The lowest BCUT2D eigenvalue weighted by Crippen LogP contribution is -2.43. The summed E-state index contributed by atoms with van der Waals surface area (Å²) < 4.78 is 43.4. The van der Waals surface area contributed by atoms with Gasteiger partial charge in [-0.1, -0.05) is 6.07 Å². The van der Waals surface area contributed by atoms with Gasteiger partial charge in [0.1, 0.15) is 11.3 Å². The molecule has 2 N–H and O–H groups in total. The Balaban J connectivity index is 1.44. The second-order valence-corrected chi connectivity index (χ2v) is 9.63. The zero-order valence-corrected chi connectivity index (χ0v) is 19.6. The van der Waals surface area contributed by atoms with Gasteiger partial charge < -0.3 is 10.2 Å². The number of carbonyl (C=O) groups excluding carboxylic acids is 1. The van der Waals surface area contributed by atoms with Gasteiger partial charge in [0.15, 0.2) is 0 Å². The van der Waals surface area contributed by atoms with Crippen molar-refractivity contribution in [3.8, 4) is 0 Å². The minimum absolute atomic E-state index is 0.0368. The van der Waals surface area contributed by atoms with Gasteiger partial charge in [-0.3, -0.25) is 14.9 Å². The van der Waals surface area contributed by atoms with E-state index in [0.717, 1.165) is 12.5 Å². The molecule has 0 unspecified atom stereocenters. The normalized spacial score (nSPS) is 17.0. The van der Waals surface area contributed by atoms with Crippen LogP contribution in [0.1, 0.15) is 43.2 Å². The highest BCUT2D eigenvalue weighted by Crippen LogP contribution is 2.65. The number of carbonyl (C=O) groups is 1. The lowest BCUT2D eigenvalue weighted by atomic mass is 9.77. The number of H-pyrrole nitrogens is 1. The number of pyridine rings is 1. The molecule has 4 rings (SSSR count). The zero-order chi connectivity index (χ0) is 24.5. The molecule has 1 aliphatic rings. The van der Waals surface area contributed by atoms with Crippen LogP contribution >= 0.6 is 0 Å². The number of likely N-dealkylation sites (N-methyl/N-ethyl adjacent to an activating group) is 1. The second kappa shape index (κ2) is 9.37. The molecule has 182 valence electrons. The standard InChI is InChI=1S/C25H30F3N5O/c1-24(27,28)25(6-7-25)20(17-5-4-8-29-13-17)12-22(34)30-15-19(33(2)3)10-16-9-18-14-31-32-23(18)21(26)11-16/h4-5,8-9,11,13-14,19-20H,6-7,10,12,15H2,1-3H3,(H,30,34)(H,31,32)/t19-,20-/m0/s1. The smallest absolute Gasteiger partial charge is 0.251 e. The van der Waals surface area contributed by atoms with Gasteiger partial charge in [0.05, 0.1) is 6.20 Å². The molecule has 3 aromatic rings. The van der Waals surface area contributed by atoms with Crippen molar-refractivity contribution in [1.82, 2.24) is 25.4 Å². The Hall–Kier alpha value is -2.94. The number of rotatable bonds is 10. The number of aromatic amines is 1. The van der Waals surface area contributed by atoms with Gasteiger partial charge in [-0.05, 0) is 69.6 Å². The van der Waals surface area contributed by atoms with E-state index >= 15 is 0 Å². The van der Waals surface area contributed by atoms with Crippen LogP contribution in [-0.4, -0.2) is 58.6 Å². The molecule has 9 heteroatoms. The van der Waals surface area contributed by atoms with Crippen LogP contribution < -0.4 is 5.32 Å². The van der Waals surface area contributed by atoms with E-state index < -0.39 is 17.3 Å². The minimum atomic E-state index is -2.89. The number of hydrogen-bond acceptors (Lipinski definition) is 4. The SMILES string of the molecule is CN(C)[C@H](CNC(=O)C[C@@H](c1cccnc1)C1(C(C)(F)F)CC1)Cc1cc(F)c2[nH]ncc2c1. The van der Waals surface area contributed by atoms with Gasteiger partial charge in [0, 0.05) is 48.1 Å². The highest BCUT2D eigenvalue weighted by atomic mass is 19.3. The van der Waals surface area contributed by atoms with Gasteiger partial charge in [-0.25, -0.2) is 13.2 Å². The molecule has 2 atom stereocenters. The maximum Gasteiger partial charge on any atom is 0.251 e. The van der Waals surface area contributed by atoms with E-state index in [2.05, 4.69) is 20.5 Å². The molecule has 0 saturated heterocycles. The molecule has 0 radical (unpaired) electrons. The predicted molar refractivity (Wildman–Crippen MR) is 124 cm³/mol. The summed E-state index contributed by atoms with van der Waals surface area (Å²) in [7, 11) is 3.78. The van der Waals surface area contributed by atoms with Crippen LogP contribution in [0.4, 0.5) is 13.2 Å². The largest absolute Gasteiger partial charge is 0.355 e. The van der Waals surface area contributed by atoms with Gasteiger partial charge >= 0.3 is 0 Å². The van der Waals surface area contributed by atoms with Crippen LogP contribution in [0.15, 0.2) is 42.9 Å². The Kier molecular flexibility index (Phi) is 6.66. The molecule has 1 saturated carbocycles. The molecule has 2 heterocycles. The van der Waals surface area contributed by atoms with Gasteiger partial charge in [-0.15, -0.1) is 0 Å². The van der Waals surface area contributed by atoms with Crippen molar-refractivity contribution in [1.29, 1.82) is 0 Å².